The number of fused-ring (bicyclic) bond motifs is 1. The highest BCUT2D eigenvalue weighted by Crippen LogP contribution is 2.37. The smallest absolute Gasteiger partial charge is 0.349 e. The predicted molar refractivity (Wildman–Crippen MR) is 191 cm³/mol. The largest absolute Gasteiger partial charge is 0.489 e. The SMILES string of the molecule is O=C(OI)c1cnc2c(c1)nc(-c1ccc(OCc3cc(C(=O)N4CCCC4)ccc3-c3ccc(Cl)cc3)cc1F)n2C1CCCCC1. The summed E-state index contributed by atoms with van der Waals surface area (Å²) in [5.74, 6) is -0.189. The molecule has 0 spiro atoms. The molecule has 1 amide bonds. The third-order valence-electron chi connectivity index (χ3n) is 9.25. The van der Waals surface area contributed by atoms with Gasteiger partial charge in [0.15, 0.2) is 28.7 Å². The van der Waals surface area contributed by atoms with E-state index in [0.717, 1.165) is 74.7 Å². The van der Waals surface area contributed by atoms with E-state index in [1.54, 1.807) is 41.2 Å². The molecule has 2 fully saturated rings. The highest BCUT2D eigenvalue weighted by molar-refractivity contribution is 14.1. The highest BCUT2D eigenvalue weighted by atomic mass is 127. The number of nitrogens with zero attached hydrogens (tertiary/aromatic N) is 4. The maximum atomic E-state index is 16.0. The molecule has 8 nitrogen and oxygen atoms in total. The molecule has 0 bridgehead atoms. The maximum Gasteiger partial charge on any atom is 0.349 e. The van der Waals surface area contributed by atoms with Crippen molar-refractivity contribution in [3.63, 3.8) is 0 Å². The zero-order chi connectivity index (χ0) is 33.2. The van der Waals surface area contributed by atoms with Gasteiger partial charge in [-0.2, -0.15) is 0 Å². The highest BCUT2D eigenvalue weighted by Gasteiger charge is 2.26. The average molecular weight is 779 g/mol. The van der Waals surface area contributed by atoms with Crippen LogP contribution in [-0.4, -0.2) is 44.4 Å². The Balaban J connectivity index is 1.20. The van der Waals surface area contributed by atoms with Crippen LogP contribution in [0.1, 0.15) is 77.3 Å². The summed E-state index contributed by atoms with van der Waals surface area (Å²) in [4.78, 5) is 36.7. The van der Waals surface area contributed by atoms with Crippen LogP contribution in [0.3, 0.4) is 0 Å². The third-order valence-corrected chi connectivity index (χ3v) is 9.90. The molecule has 0 radical (unpaired) electrons. The zero-order valence-corrected chi connectivity index (χ0v) is 29.0. The Labute approximate surface area is 296 Å². The van der Waals surface area contributed by atoms with Crippen LogP contribution in [0.15, 0.2) is 72.9 Å². The lowest BCUT2D eigenvalue weighted by atomic mass is 9.95. The monoisotopic (exact) mass is 778 g/mol. The summed E-state index contributed by atoms with van der Waals surface area (Å²) >= 11 is 7.70. The molecule has 48 heavy (non-hydrogen) atoms. The molecule has 0 unspecified atom stereocenters. The molecule has 5 aromatic rings. The van der Waals surface area contributed by atoms with Gasteiger partial charge < -0.3 is 17.3 Å². The quantitative estimate of drug-likeness (QED) is 0.146. The van der Waals surface area contributed by atoms with Crippen LogP contribution < -0.4 is 4.74 Å². The first-order valence-corrected chi connectivity index (χ1v) is 17.5. The predicted octanol–water partition coefficient (Wildman–Crippen LogP) is 9.38. The van der Waals surface area contributed by atoms with Crippen molar-refractivity contribution >= 4 is 57.6 Å². The molecule has 3 heterocycles. The van der Waals surface area contributed by atoms with E-state index in [2.05, 4.69) is 4.98 Å². The Kier molecular flexibility index (Phi) is 9.63. The van der Waals surface area contributed by atoms with Crippen LogP contribution >= 0.6 is 34.6 Å². The van der Waals surface area contributed by atoms with Crippen molar-refractivity contribution in [2.24, 2.45) is 0 Å². The second-order valence-corrected chi connectivity index (χ2v) is 13.2. The van der Waals surface area contributed by atoms with Crippen LogP contribution in [0, 0.1) is 5.82 Å². The first-order valence-electron chi connectivity index (χ1n) is 16.2. The zero-order valence-electron chi connectivity index (χ0n) is 26.1. The molecule has 1 saturated carbocycles. The second kappa shape index (κ2) is 14.2. The summed E-state index contributed by atoms with van der Waals surface area (Å²) in [6.07, 6.45) is 8.68. The van der Waals surface area contributed by atoms with Crippen molar-refractivity contribution in [2.75, 3.05) is 13.1 Å². The average Bonchev–Trinajstić information content (AvgIpc) is 3.79. The lowest BCUT2D eigenvalue weighted by Crippen LogP contribution is -2.27. The maximum absolute atomic E-state index is 16.0. The summed E-state index contributed by atoms with van der Waals surface area (Å²) in [6, 6.07) is 19.7. The lowest BCUT2D eigenvalue weighted by Gasteiger charge is -2.25. The molecule has 7 rings (SSSR count). The molecule has 2 aliphatic rings. The van der Waals surface area contributed by atoms with Crippen LogP contribution in [0.4, 0.5) is 4.39 Å². The number of rotatable bonds is 8. The number of hydrogen-bond acceptors (Lipinski definition) is 6. The fraction of sp³-hybridized carbons (Fsp3) is 0.297. The van der Waals surface area contributed by atoms with Gasteiger partial charge in [0, 0.05) is 42.0 Å². The first kappa shape index (κ1) is 32.5. The van der Waals surface area contributed by atoms with Crippen molar-refractivity contribution < 1.29 is 21.8 Å². The molecular formula is C37H33ClFIN4O4. The number of imidazole rings is 1. The fourth-order valence-corrected chi connectivity index (χ4v) is 7.18. The molecule has 3 aromatic carbocycles. The minimum absolute atomic E-state index is 0.000421. The van der Waals surface area contributed by atoms with Gasteiger partial charge in [-0.3, -0.25) is 4.79 Å². The van der Waals surface area contributed by atoms with E-state index in [1.165, 1.54) is 12.3 Å². The number of carbonyl (C=O) groups excluding carboxylic acids is 2. The van der Waals surface area contributed by atoms with E-state index in [4.69, 9.17) is 24.4 Å². The normalized spacial score (nSPS) is 15.2. The van der Waals surface area contributed by atoms with Crippen molar-refractivity contribution in [2.45, 2.75) is 57.6 Å². The summed E-state index contributed by atoms with van der Waals surface area (Å²) < 4.78 is 29.1. The van der Waals surface area contributed by atoms with Gasteiger partial charge in [-0.15, -0.1) is 0 Å². The number of likely N-dealkylation sites (tertiary alicyclic amines) is 1. The minimum Gasteiger partial charge on any atom is -0.489 e. The molecule has 2 aromatic heterocycles. The number of ether oxygens (including phenoxy) is 1. The van der Waals surface area contributed by atoms with E-state index < -0.39 is 11.8 Å². The van der Waals surface area contributed by atoms with Crippen LogP contribution in [-0.2, 0) is 9.67 Å². The molecule has 1 aliphatic heterocycles. The topological polar surface area (TPSA) is 86.5 Å². The molecule has 1 aliphatic carbocycles. The van der Waals surface area contributed by atoms with Crippen molar-refractivity contribution in [3.05, 3.63) is 100 Å². The van der Waals surface area contributed by atoms with Gasteiger partial charge in [0.1, 0.15) is 29.5 Å². The Morgan fingerprint density at radius 2 is 1.65 bits per heavy atom. The van der Waals surface area contributed by atoms with Crippen molar-refractivity contribution in [3.8, 4) is 28.3 Å². The van der Waals surface area contributed by atoms with Gasteiger partial charge in [-0.1, -0.05) is 49.1 Å². The lowest BCUT2D eigenvalue weighted by molar-refractivity contribution is 0.0787. The number of hydrogen-bond donors (Lipinski definition) is 0. The fourth-order valence-electron chi connectivity index (χ4n) is 6.80. The number of benzene rings is 3. The van der Waals surface area contributed by atoms with E-state index in [9.17, 15) is 9.59 Å². The third kappa shape index (κ3) is 6.64. The summed E-state index contributed by atoms with van der Waals surface area (Å²) in [5, 5.41) is 0.629. The van der Waals surface area contributed by atoms with Gasteiger partial charge in [0.2, 0.25) is 0 Å². The Hall–Kier alpha value is -4.03. The van der Waals surface area contributed by atoms with Gasteiger partial charge in [0.25, 0.3) is 5.91 Å². The second-order valence-electron chi connectivity index (χ2n) is 12.3. The molecule has 1 saturated heterocycles. The summed E-state index contributed by atoms with van der Waals surface area (Å²) in [5.41, 5.74) is 4.96. The first-order chi connectivity index (χ1) is 23.4. The number of aromatic nitrogens is 3. The number of pyridine rings is 1. The number of halogens is 3. The molecule has 0 N–H and O–H groups in total. The van der Waals surface area contributed by atoms with E-state index in [-0.39, 0.29) is 24.1 Å². The molecule has 0 atom stereocenters. The number of carbonyl (C=O) groups is 2. The molecule has 246 valence electrons. The van der Waals surface area contributed by atoms with E-state index in [0.29, 0.717) is 38.9 Å². The van der Waals surface area contributed by atoms with Crippen LogP contribution in [0.5, 0.6) is 5.75 Å². The standard InChI is InChI=1S/C37H33ClFIN4O4/c38-27-11-8-23(9-12-27)30-14-10-24(36(45)43-16-4-5-17-43)18-26(30)22-47-29-13-15-31(32(39)20-29)34-42-33-19-25(37(46)48-40)21-41-35(33)44(34)28-6-2-1-3-7-28/h8-15,18-21,28H,1-7,16-17,22H2. The minimum atomic E-state index is -0.517. The van der Waals surface area contributed by atoms with Gasteiger partial charge in [0.05, 0.1) is 11.1 Å². The van der Waals surface area contributed by atoms with Gasteiger partial charge >= 0.3 is 5.97 Å². The van der Waals surface area contributed by atoms with E-state index in [1.807, 2.05) is 51.9 Å². The van der Waals surface area contributed by atoms with Crippen LogP contribution in [0.25, 0.3) is 33.7 Å². The van der Waals surface area contributed by atoms with Gasteiger partial charge in [-0.25, -0.2) is 19.2 Å². The van der Waals surface area contributed by atoms with Crippen molar-refractivity contribution in [1.29, 1.82) is 0 Å². The molecular weight excluding hydrogens is 746 g/mol. The van der Waals surface area contributed by atoms with Crippen molar-refractivity contribution in [1.82, 2.24) is 19.4 Å². The molecule has 11 heteroatoms. The van der Waals surface area contributed by atoms with Gasteiger partial charge in [-0.05, 0) is 84.8 Å². The summed E-state index contributed by atoms with van der Waals surface area (Å²) in [6.45, 7) is 1.63. The Morgan fingerprint density at radius 3 is 2.38 bits per heavy atom. The van der Waals surface area contributed by atoms with Crippen LogP contribution in [0.2, 0.25) is 5.02 Å². The Bertz CT molecular complexity index is 1990. The number of amides is 1. The van der Waals surface area contributed by atoms with E-state index >= 15 is 4.39 Å². The summed E-state index contributed by atoms with van der Waals surface area (Å²) in [7, 11) is 0. The Morgan fingerprint density at radius 1 is 0.896 bits per heavy atom.